The Morgan fingerprint density at radius 1 is 0.641 bits per heavy atom. The van der Waals surface area contributed by atoms with Gasteiger partial charge in [-0.2, -0.15) is 0 Å². The first-order valence-electron chi connectivity index (χ1n) is 24.5. The van der Waals surface area contributed by atoms with Crippen molar-refractivity contribution in [3.05, 3.63) is 0 Å². The van der Waals surface area contributed by atoms with Crippen molar-refractivity contribution in [3.8, 4) is 0 Å². The minimum absolute atomic E-state index is 0.0548. The lowest BCUT2D eigenvalue weighted by atomic mass is 9.40. The third-order valence-corrected chi connectivity index (χ3v) is 19.2. The topological polar surface area (TPSA) is 256 Å². The van der Waals surface area contributed by atoms with Crippen LogP contribution in [0, 0.1) is 51.8 Å². The predicted molar refractivity (Wildman–Crippen MR) is 224 cm³/mol. The average Bonchev–Trinajstić information content (AvgIpc) is 3.72. The molecule has 4 saturated carbocycles. The van der Waals surface area contributed by atoms with Gasteiger partial charge in [-0.25, -0.2) is 0 Å². The van der Waals surface area contributed by atoms with Gasteiger partial charge in [0.1, 0.15) is 79.4 Å². The molecule has 9 rings (SSSR count). The van der Waals surface area contributed by atoms with Crippen LogP contribution in [-0.2, 0) is 37.9 Å². The van der Waals surface area contributed by atoms with E-state index in [0.717, 1.165) is 58.0 Å². The monoisotopic (exact) mass is 915 g/mol. The molecule has 9 aliphatic rings. The van der Waals surface area contributed by atoms with E-state index in [0.29, 0.717) is 35.5 Å². The van der Waals surface area contributed by atoms with E-state index in [-0.39, 0.29) is 41.7 Å². The van der Waals surface area contributed by atoms with Crippen molar-refractivity contribution in [1.82, 2.24) is 0 Å². The third-order valence-electron chi connectivity index (χ3n) is 19.2. The minimum atomic E-state index is -1.63. The van der Waals surface area contributed by atoms with E-state index in [9.17, 15) is 46.0 Å². The number of hydrogen-bond donors (Lipinski definition) is 9. The predicted octanol–water partition coefficient (Wildman–Crippen LogP) is 0.381. The highest BCUT2D eigenvalue weighted by atomic mass is 16.7. The van der Waals surface area contributed by atoms with E-state index in [2.05, 4.69) is 34.6 Å². The van der Waals surface area contributed by atoms with E-state index in [4.69, 9.17) is 37.9 Å². The second-order valence-corrected chi connectivity index (χ2v) is 22.5. The zero-order valence-corrected chi connectivity index (χ0v) is 38.3. The maximum atomic E-state index is 12.0. The molecule has 0 radical (unpaired) electrons. The van der Waals surface area contributed by atoms with Gasteiger partial charge in [-0.3, -0.25) is 0 Å². The summed E-state index contributed by atoms with van der Waals surface area (Å²) in [4.78, 5) is 0. The number of aliphatic hydroxyl groups is 9. The Kier molecular flexibility index (Phi) is 13.8. The van der Waals surface area contributed by atoms with Gasteiger partial charge in [0.2, 0.25) is 0 Å². The average molecular weight is 915 g/mol. The van der Waals surface area contributed by atoms with Gasteiger partial charge in [-0.15, -0.1) is 0 Å². The summed E-state index contributed by atoms with van der Waals surface area (Å²) in [5, 5.41) is 94.8. The second kappa shape index (κ2) is 18.2. The van der Waals surface area contributed by atoms with Gasteiger partial charge in [-0.1, -0.05) is 34.6 Å². The first-order valence-corrected chi connectivity index (χ1v) is 24.5. The highest BCUT2D eigenvalue weighted by Gasteiger charge is 2.70. The summed E-state index contributed by atoms with van der Waals surface area (Å²) in [7, 11) is 0. The molecule has 5 saturated heterocycles. The molecule has 17 nitrogen and oxygen atoms in total. The fourth-order valence-electron chi connectivity index (χ4n) is 15.2. The first kappa shape index (κ1) is 48.3. The highest BCUT2D eigenvalue weighted by Crippen LogP contribution is 2.73. The summed E-state index contributed by atoms with van der Waals surface area (Å²) >= 11 is 0. The Hall–Kier alpha value is -0.680. The smallest absolute Gasteiger partial charge is 0.187 e. The molecule has 0 amide bonds. The summed E-state index contributed by atoms with van der Waals surface area (Å²) in [6.07, 6.45) is -8.61. The van der Waals surface area contributed by atoms with Gasteiger partial charge in [0.25, 0.3) is 0 Å². The number of fused-ring (bicyclic) bond motifs is 7. The second-order valence-electron chi connectivity index (χ2n) is 22.5. The minimum Gasteiger partial charge on any atom is -0.394 e. The molecule has 26 atom stereocenters. The van der Waals surface area contributed by atoms with Crippen LogP contribution in [0.15, 0.2) is 0 Å². The Labute approximate surface area is 377 Å². The fourth-order valence-corrected chi connectivity index (χ4v) is 15.2. The van der Waals surface area contributed by atoms with Crippen LogP contribution < -0.4 is 0 Å². The van der Waals surface area contributed by atoms with Crippen LogP contribution in [0.3, 0.4) is 0 Å². The molecule has 368 valence electrons. The zero-order chi connectivity index (χ0) is 45.7. The standard InChI is InChI=1S/C47H78O17/c1-22-6-13-47(60-18-22)23(2)34-29(64-47)14-27-25-8-10-44(3)15-24(7-12-46(44,5)26(25)9-11-45(27,34)4)61-43-42(59-21-33-38(54)39(55)36(52)30(16-48)62-33)40(56)41(31(17-49)63-43)58-20-32-37(53)35(51)28(50)19-57-32/h22-43,48-56H,6-21H2,1-5H3. The SMILES string of the molecule is CC1CCC2(OC1)OC1CC3C4CCC5(C)CC(OC6OC(CO)C(OCC7OCC(O)C(O)C7O)C(O)C6OCC6OC(CO)C(O)C(O)C6O)CCC5(C)C4CCC3(C)C1C2C. The molecule has 0 aromatic rings. The maximum Gasteiger partial charge on any atom is 0.187 e. The van der Waals surface area contributed by atoms with Crippen molar-refractivity contribution in [2.75, 3.05) is 39.6 Å². The normalized spacial score (nSPS) is 57.5. The van der Waals surface area contributed by atoms with E-state index in [1.807, 2.05) is 0 Å². The third kappa shape index (κ3) is 7.97. The lowest BCUT2D eigenvalue weighted by molar-refractivity contribution is -0.339. The molecule has 9 fully saturated rings. The van der Waals surface area contributed by atoms with E-state index in [1.54, 1.807) is 0 Å². The Bertz CT molecular complexity index is 1600. The molecule has 0 bridgehead atoms. The summed E-state index contributed by atoms with van der Waals surface area (Å²) in [5.74, 6) is 2.80. The number of aliphatic hydroxyl groups excluding tert-OH is 9. The van der Waals surface area contributed by atoms with Gasteiger partial charge in [0, 0.05) is 12.3 Å². The largest absolute Gasteiger partial charge is 0.394 e. The molecule has 4 aliphatic carbocycles. The number of hydrogen-bond acceptors (Lipinski definition) is 17. The summed E-state index contributed by atoms with van der Waals surface area (Å²) in [6, 6.07) is 0. The van der Waals surface area contributed by atoms with Gasteiger partial charge in [-0.05, 0) is 104 Å². The molecule has 17 heteroatoms. The molecular weight excluding hydrogens is 836 g/mol. The molecule has 5 heterocycles. The fraction of sp³-hybridized carbons (Fsp3) is 1.00. The molecule has 26 unspecified atom stereocenters. The van der Waals surface area contributed by atoms with E-state index >= 15 is 0 Å². The van der Waals surface area contributed by atoms with Crippen molar-refractivity contribution < 1.29 is 83.9 Å². The van der Waals surface area contributed by atoms with Crippen LogP contribution in [0.1, 0.15) is 98.8 Å². The van der Waals surface area contributed by atoms with Crippen LogP contribution in [0.25, 0.3) is 0 Å². The molecule has 64 heavy (non-hydrogen) atoms. The van der Waals surface area contributed by atoms with Crippen LogP contribution in [-0.4, -0.2) is 189 Å². The van der Waals surface area contributed by atoms with Crippen molar-refractivity contribution in [1.29, 1.82) is 0 Å². The quantitative estimate of drug-likeness (QED) is 0.134. The van der Waals surface area contributed by atoms with Crippen molar-refractivity contribution in [2.24, 2.45) is 51.8 Å². The summed E-state index contributed by atoms with van der Waals surface area (Å²) in [5.41, 5.74) is 0.229. The van der Waals surface area contributed by atoms with Gasteiger partial charge in [0.15, 0.2) is 12.1 Å². The molecule has 1 spiro atoms. The lowest BCUT2D eigenvalue weighted by Gasteiger charge is -2.65. The van der Waals surface area contributed by atoms with Crippen molar-refractivity contribution in [2.45, 2.75) is 202 Å². The number of ether oxygens (including phenoxy) is 8. The first-order chi connectivity index (χ1) is 30.4. The molecular formula is C47H78O17. The van der Waals surface area contributed by atoms with Crippen molar-refractivity contribution >= 4 is 0 Å². The van der Waals surface area contributed by atoms with E-state index < -0.39 is 111 Å². The molecule has 0 aromatic carbocycles. The number of rotatable bonds is 10. The van der Waals surface area contributed by atoms with Crippen molar-refractivity contribution in [3.63, 3.8) is 0 Å². The van der Waals surface area contributed by atoms with Crippen LogP contribution in [0.5, 0.6) is 0 Å². The highest BCUT2D eigenvalue weighted by molar-refractivity contribution is 5.17. The summed E-state index contributed by atoms with van der Waals surface area (Å²) in [6.45, 7) is 10.7. The van der Waals surface area contributed by atoms with Crippen LogP contribution in [0.2, 0.25) is 0 Å². The lowest BCUT2D eigenvalue weighted by Crippen LogP contribution is -2.64. The molecule has 9 N–H and O–H groups in total. The maximum absolute atomic E-state index is 12.0. The van der Waals surface area contributed by atoms with Gasteiger partial charge < -0.3 is 83.9 Å². The Balaban J connectivity index is 0.892. The zero-order valence-electron chi connectivity index (χ0n) is 38.3. The molecule has 5 aliphatic heterocycles. The van der Waals surface area contributed by atoms with Gasteiger partial charge in [0.05, 0.1) is 51.8 Å². The Morgan fingerprint density at radius 2 is 1.34 bits per heavy atom. The van der Waals surface area contributed by atoms with E-state index in [1.165, 1.54) is 12.8 Å². The van der Waals surface area contributed by atoms with Crippen LogP contribution in [0.4, 0.5) is 0 Å². The van der Waals surface area contributed by atoms with Crippen LogP contribution >= 0.6 is 0 Å². The molecule has 0 aromatic heterocycles. The summed E-state index contributed by atoms with van der Waals surface area (Å²) < 4.78 is 50.3. The Morgan fingerprint density at radius 3 is 2.06 bits per heavy atom. The van der Waals surface area contributed by atoms with Gasteiger partial charge >= 0.3 is 0 Å².